The van der Waals surface area contributed by atoms with E-state index in [1.807, 2.05) is 58.6 Å². The molecular weight excluding hydrogens is 524 g/mol. The fraction of sp³-hybridized carbons (Fsp3) is 0.556. The molecular formula is C36H50N2O4. The van der Waals surface area contributed by atoms with Gasteiger partial charge in [0.05, 0.1) is 5.56 Å². The maximum Gasteiger partial charge on any atom is 0.410 e. The average Bonchev–Trinajstić information content (AvgIpc) is 3.68. The molecule has 4 rings (SSSR count). The number of nitrogens with one attached hydrogen (secondary N) is 1. The molecule has 0 aromatic heterocycles. The quantitative estimate of drug-likeness (QED) is 0.306. The van der Waals surface area contributed by atoms with E-state index >= 15 is 0 Å². The highest BCUT2D eigenvalue weighted by atomic mass is 16.6. The second-order valence-electron chi connectivity index (χ2n) is 13.9. The molecule has 228 valence electrons. The molecule has 2 unspecified atom stereocenters. The molecule has 2 atom stereocenters. The fourth-order valence-corrected chi connectivity index (χ4v) is 5.82. The van der Waals surface area contributed by atoms with Crippen LogP contribution < -0.4 is 5.32 Å². The summed E-state index contributed by atoms with van der Waals surface area (Å²) in [6.07, 6.45) is 8.31. The summed E-state index contributed by atoms with van der Waals surface area (Å²) in [7, 11) is 0. The van der Waals surface area contributed by atoms with Gasteiger partial charge in [-0.25, -0.2) is 9.59 Å². The highest BCUT2D eigenvalue weighted by Crippen LogP contribution is 2.41. The molecule has 6 nitrogen and oxygen atoms in total. The summed E-state index contributed by atoms with van der Waals surface area (Å²) in [5, 5.41) is 3.93. The van der Waals surface area contributed by atoms with Crippen LogP contribution >= 0.6 is 0 Å². The molecule has 2 aliphatic rings. The fourth-order valence-electron chi connectivity index (χ4n) is 5.82. The second-order valence-corrected chi connectivity index (χ2v) is 13.9. The van der Waals surface area contributed by atoms with Gasteiger partial charge < -0.3 is 19.7 Å². The Balaban J connectivity index is 1.35. The highest BCUT2D eigenvalue weighted by Gasteiger charge is 2.41. The van der Waals surface area contributed by atoms with Crippen molar-refractivity contribution in [2.45, 2.75) is 123 Å². The summed E-state index contributed by atoms with van der Waals surface area (Å²) in [6.45, 7) is 14.0. The molecule has 2 aromatic rings. The molecule has 1 amide bonds. The minimum atomic E-state index is -0.570. The average molecular weight is 575 g/mol. The zero-order chi connectivity index (χ0) is 30.5. The Labute approximate surface area is 252 Å². The van der Waals surface area contributed by atoms with Gasteiger partial charge >= 0.3 is 12.1 Å². The van der Waals surface area contributed by atoms with Crippen LogP contribution in [0.4, 0.5) is 4.79 Å². The van der Waals surface area contributed by atoms with Crippen molar-refractivity contribution >= 4 is 18.1 Å². The molecule has 1 N–H and O–H groups in total. The maximum absolute atomic E-state index is 13.4. The van der Waals surface area contributed by atoms with Crippen molar-refractivity contribution < 1.29 is 19.1 Å². The number of amides is 1. The summed E-state index contributed by atoms with van der Waals surface area (Å²) in [5.41, 5.74) is 3.16. The van der Waals surface area contributed by atoms with Crippen LogP contribution in [0.25, 0.3) is 6.08 Å². The van der Waals surface area contributed by atoms with Crippen LogP contribution in [0.3, 0.4) is 0 Å². The molecule has 0 heterocycles. The monoisotopic (exact) mass is 574 g/mol. The number of hydrogen-bond acceptors (Lipinski definition) is 5. The number of esters is 1. The maximum atomic E-state index is 13.4. The first-order valence-corrected chi connectivity index (χ1v) is 15.6. The van der Waals surface area contributed by atoms with E-state index in [0.717, 1.165) is 37.7 Å². The molecule has 0 radical (unpaired) electrons. The van der Waals surface area contributed by atoms with Gasteiger partial charge in [-0.3, -0.25) is 0 Å². The van der Waals surface area contributed by atoms with Gasteiger partial charge in [0.2, 0.25) is 0 Å². The third-order valence-corrected chi connectivity index (χ3v) is 7.98. The predicted octanol–water partition coefficient (Wildman–Crippen LogP) is 8.16. The Morgan fingerprint density at radius 3 is 2.07 bits per heavy atom. The number of nitrogens with zero attached hydrogens (tertiary/aromatic N) is 1. The zero-order valence-corrected chi connectivity index (χ0v) is 26.6. The van der Waals surface area contributed by atoms with Gasteiger partial charge in [0, 0.05) is 24.7 Å². The largest absolute Gasteiger partial charge is 0.456 e. The van der Waals surface area contributed by atoms with E-state index in [9.17, 15) is 9.59 Å². The van der Waals surface area contributed by atoms with Crippen LogP contribution in [-0.2, 0) is 16.0 Å². The molecule has 0 spiro atoms. The topological polar surface area (TPSA) is 67.9 Å². The lowest BCUT2D eigenvalue weighted by Gasteiger charge is -2.38. The lowest BCUT2D eigenvalue weighted by atomic mass is 9.89. The first-order chi connectivity index (χ1) is 19.8. The number of hydrogen-bond donors (Lipinski definition) is 1. The molecule has 6 heteroatoms. The van der Waals surface area contributed by atoms with Crippen LogP contribution in [0, 0.1) is 5.92 Å². The van der Waals surface area contributed by atoms with E-state index in [4.69, 9.17) is 9.47 Å². The van der Waals surface area contributed by atoms with Gasteiger partial charge in [-0.05, 0) is 109 Å². The molecule has 0 bridgehead atoms. The SMILES string of the molecule is CC/C(=C\c1ccccc1)C1CC1NC1CCC(N(Cc2ccc(C(=O)OC(C)(C)C)cc2)C(=O)OC(C)(C)C)CC1. The van der Waals surface area contributed by atoms with Crippen LogP contribution in [0.1, 0.15) is 108 Å². The van der Waals surface area contributed by atoms with E-state index in [1.165, 1.54) is 17.6 Å². The summed E-state index contributed by atoms with van der Waals surface area (Å²) in [4.78, 5) is 27.7. The Kier molecular flexibility index (Phi) is 10.2. The van der Waals surface area contributed by atoms with Gasteiger partial charge in [-0.2, -0.15) is 0 Å². The Morgan fingerprint density at radius 2 is 1.50 bits per heavy atom. The van der Waals surface area contributed by atoms with Gasteiger partial charge in [0.1, 0.15) is 11.2 Å². The second kappa shape index (κ2) is 13.5. The van der Waals surface area contributed by atoms with E-state index in [2.05, 4.69) is 48.6 Å². The molecule has 2 saturated carbocycles. The van der Waals surface area contributed by atoms with Crippen molar-refractivity contribution in [1.82, 2.24) is 10.2 Å². The summed E-state index contributed by atoms with van der Waals surface area (Å²) < 4.78 is 11.3. The number of carbonyl (C=O) groups excluding carboxylic acids is 2. The van der Waals surface area contributed by atoms with Crippen molar-refractivity contribution in [2.75, 3.05) is 0 Å². The third kappa shape index (κ3) is 9.45. The van der Waals surface area contributed by atoms with Crippen molar-refractivity contribution in [3.63, 3.8) is 0 Å². The predicted molar refractivity (Wildman–Crippen MR) is 169 cm³/mol. The molecule has 2 fully saturated rings. The normalized spacial score (nSPS) is 22.8. The van der Waals surface area contributed by atoms with E-state index in [-0.39, 0.29) is 18.1 Å². The van der Waals surface area contributed by atoms with Crippen LogP contribution in [0.15, 0.2) is 60.2 Å². The number of benzene rings is 2. The van der Waals surface area contributed by atoms with Crippen LogP contribution in [-0.4, -0.2) is 46.3 Å². The van der Waals surface area contributed by atoms with Crippen LogP contribution in [0.2, 0.25) is 0 Å². The summed E-state index contributed by atoms with van der Waals surface area (Å²) >= 11 is 0. The number of carbonyl (C=O) groups is 2. The third-order valence-electron chi connectivity index (χ3n) is 7.98. The standard InChI is InChI=1S/C36H50N2O4/c1-8-27(22-25-12-10-9-11-13-25)31-23-32(31)37-29-18-20-30(21-19-29)38(34(40)42-36(5,6)7)24-26-14-16-28(17-15-26)33(39)41-35(2,3)4/h9-17,22,29-32,37H,8,18-21,23-24H2,1-7H3/b27-22+. The Hall–Kier alpha value is -3.12. The lowest BCUT2D eigenvalue weighted by molar-refractivity contribution is 0.00616. The molecule has 0 aliphatic heterocycles. The first-order valence-electron chi connectivity index (χ1n) is 15.6. The molecule has 2 aliphatic carbocycles. The van der Waals surface area contributed by atoms with Gasteiger partial charge in [0.15, 0.2) is 0 Å². The van der Waals surface area contributed by atoms with Gasteiger partial charge in [0.25, 0.3) is 0 Å². The minimum absolute atomic E-state index is 0.114. The summed E-state index contributed by atoms with van der Waals surface area (Å²) in [6, 6.07) is 19.1. The number of rotatable bonds is 9. The van der Waals surface area contributed by atoms with E-state index < -0.39 is 11.2 Å². The lowest BCUT2D eigenvalue weighted by Crippen LogP contribution is -2.47. The van der Waals surface area contributed by atoms with E-state index in [1.54, 1.807) is 12.1 Å². The molecule has 2 aromatic carbocycles. The first kappa shape index (κ1) is 31.8. The summed E-state index contributed by atoms with van der Waals surface area (Å²) in [5.74, 6) is 0.276. The highest BCUT2D eigenvalue weighted by molar-refractivity contribution is 5.89. The van der Waals surface area contributed by atoms with Crippen molar-refractivity contribution in [3.05, 3.63) is 76.9 Å². The molecule has 42 heavy (non-hydrogen) atoms. The Morgan fingerprint density at radius 1 is 0.881 bits per heavy atom. The smallest absolute Gasteiger partial charge is 0.410 e. The van der Waals surface area contributed by atoms with E-state index in [0.29, 0.717) is 30.1 Å². The van der Waals surface area contributed by atoms with Crippen LogP contribution in [0.5, 0.6) is 0 Å². The number of ether oxygens (including phenoxy) is 2. The Bertz CT molecular complexity index is 1220. The van der Waals surface area contributed by atoms with Gasteiger partial charge in [-0.1, -0.05) is 61.0 Å². The minimum Gasteiger partial charge on any atom is -0.456 e. The van der Waals surface area contributed by atoms with Crippen molar-refractivity contribution in [3.8, 4) is 0 Å². The van der Waals surface area contributed by atoms with Crippen molar-refractivity contribution in [2.24, 2.45) is 5.92 Å². The van der Waals surface area contributed by atoms with Crippen molar-refractivity contribution in [1.29, 1.82) is 0 Å². The van der Waals surface area contributed by atoms with Gasteiger partial charge in [-0.15, -0.1) is 0 Å². The zero-order valence-electron chi connectivity index (χ0n) is 26.6. The molecule has 0 saturated heterocycles.